The number of carbonyl (C=O) groups excluding carboxylic acids is 2. The van der Waals surface area contributed by atoms with E-state index < -0.39 is 17.9 Å². The van der Waals surface area contributed by atoms with Gasteiger partial charge in [-0.3, -0.25) is 10.2 Å². The van der Waals surface area contributed by atoms with E-state index in [-0.39, 0.29) is 23.9 Å². The molecule has 2 aromatic rings. The first-order chi connectivity index (χ1) is 11.6. The SMILES string of the molecule is CCOC(=O)C1=NNC(C(=O)c2ccco2)C1c1ccc(Br)cc1. The summed E-state index contributed by atoms with van der Waals surface area (Å²) in [6, 6.07) is 9.90. The molecule has 24 heavy (non-hydrogen) atoms. The Morgan fingerprint density at radius 1 is 1.29 bits per heavy atom. The Hall–Kier alpha value is -2.41. The molecule has 2 heterocycles. The quantitative estimate of drug-likeness (QED) is 0.626. The first kappa shape index (κ1) is 16.4. The lowest BCUT2D eigenvalue weighted by atomic mass is 9.85. The highest BCUT2D eigenvalue weighted by atomic mass is 79.9. The van der Waals surface area contributed by atoms with E-state index in [0.717, 1.165) is 10.0 Å². The van der Waals surface area contributed by atoms with Gasteiger partial charge >= 0.3 is 5.97 Å². The average molecular weight is 391 g/mol. The van der Waals surface area contributed by atoms with Gasteiger partial charge in [0.2, 0.25) is 5.78 Å². The third-order valence-electron chi connectivity index (χ3n) is 3.71. The molecule has 0 fully saturated rings. The maximum atomic E-state index is 12.7. The van der Waals surface area contributed by atoms with E-state index in [2.05, 4.69) is 26.5 Å². The number of furan rings is 1. The summed E-state index contributed by atoms with van der Waals surface area (Å²) in [5.74, 6) is -1.13. The number of carbonyl (C=O) groups is 2. The number of rotatable bonds is 5. The molecule has 0 spiro atoms. The summed E-state index contributed by atoms with van der Waals surface area (Å²) >= 11 is 3.38. The zero-order valence-corrected chi connectivity index (χ0v) is 14.4. The molecule has 1 aliphatic heterocycles. The molecule has 7 heteroatoms. The summed E-state index contributed by atoms with van der Waals surface area (Å²) in [5, 5.41) is 4.06. The minimum atomic E-state index is -0.725. The molecule has 0 saturated heterocycles. The van der Waals surface area contributed by atoms with Crippen molar-refractivity contribution in [1.82, 2.24) is 5.43 Å². The van der Waals surface area contributed by atoms with Gasteiger partial charge in [-0.1, -0.05) is 28.1 Å². The van der Waals surface area contributed by atoms with Gasteiger partial charge in [-0.25, -0.2) is 4.79 Å². The highest BCUT2D eigenvalue weighted by molar-refractivity contribution is 9.10. The molecule has 0 bridgehead atoms. The molecule has 1 aliphatic rings. The Bertz CT molecular complexity index is 768. The largest absolute Gasteiger partial charge is 0.461 e. The number of nitrogens with one attached hydrogen (secondary N) is 1. The number of ether oxygens (including phenoxy) is 1. The molecule has 0 aliphatic carbocycles. The molecule has 2 unspecified atom stereocenters. The number of Topliss-reactive ketones (excluding diaryl/α,β-unsaturated/α-hetero) is 1. The zero-order chi connectivity index (χ0) is 17.1. The number of hydrogen-bond donors (Lipinski definition) is 1. The maximum absolute atomic E-state index is 12.7. The third kappa shape index (κ3) is 3.12. The van der Waals surface area contributed by atoms with Gasteiger partial charge in [-0.2, -0.15) is 5.10 Å². The van der Waals surface area contributed by atoms with Crippen LogP contribution in [0.4, 0.5) is 0 Å². The lowest BCUT2D eigenvalue weighted by Crippen LogP contribution is -2.37. The van der Waals surface area contributed by atoms with E-state index in [1.807, 2.05) is 24.3 Å². The number of hydrogen-bond acceptors (Lipinski definition) is 6. The van der Waals surface area contributed by atoms with E-state index in [1.165, 1.54) is 6.26 Å². The molecule has 6 nitrogen and oxygen atoms in total. The van der Waals surface area contributed by atoms with Crippen molar-refractivity contribution in [2.45, 2.75) is 18.9 Å². The first-order valence-corrected chi connectivity index (χ1v) is 8.24. The van der Waals surface area contributed by atoms with Crippen molar-refractivity contribution in [3.63, 3.8) is 0 Å². The van der Waals surface area contributed by atoms with E-state index in [9.17, 15) is 9.59 Å². The number of hydrazone groups is 1. The van der Waals surface area contributed by atoms with Crippen LogP contribution >= 0.6 is 15.9 Å². The second-order valence-corrected chi connectivity index (χ2v) is 6.11. The van der Waals surface area contributed by atoms with Crippen LogP contribution in [-0.4, -0.2) is 30.1 Å². The smallest absolute Gasteiger partial charge is 0.355 e. The molecule has 1 N–H and O–H groups in total. The summed E-state index contributed by atoms with van der Waals surface area (Å²) in [4.78, 5) is 24.9. The fraction of sp³-hybridized carbons (Fsp3) is 0.235. The summed E-state index contributed by atoms with van der Waals surface area (Å²) in [6.07, 6.45) is 1.43. The molecule has 1 aromatic carbocycles. The van der Waals surface area contributed by atoms with Crippen LogP contribution < -0.4 is 5.43 Å². The van der Waals surface area contributed by atoms with E-state index in [1.54, 1.807) is 19.1 Å². The number of nitrogens with zero attached hydrogens (tertiary/aromatic N) is 1. The van der Waals surface area contributed by atoms with Crippen molar-refractivity contribution in [2.75, 3.05) is 6.61 Å². The summed E-state index contributed by atoms with van der Waals surface area (Å²) in [5.41, 5.74) is 3.74. The van der Waals surface area contributed by atoms with E-state index in [4.69, 9.17) is 9.15 Å². The number of benzene rings is 1. The van der Waals surface area contributed by atoms with Gasteiger partial charge in [-0.05, 0) is 36.8 Å². The number of ketones is 1. The minimum absolute atomic E-state index is 0.184. The summed E-state index contributed by atoms with van der Waals surface area (Å²) < 4.78 is 11.2. The molecule has 124 valence electrons. The molecular formula is C17H15BrN2O4. The van der Waals surface area contributed by atoms with Crippen molar-refractivity contribution in [1.29, 1.82) is 0 Å². The Balaban J connectivity index is 1.96. The molecule has 0 radical (unpaired) electrons. The normalized spacial score (nSPS) is 19.5. The highest BCUT2D eigenvalue weighted by Gasteiger charge is 2.42. The third-order valence-corrected chi connectivity index (χ3v) is 4.24. The van der Waals surface area contributed by atoms with Crippen LogP contribution in [-0.2, 0) is 9.53 Å². The standard InChI is InChI=1S/C17H15BrN2O4/c1-2-23-17(22)15-13(10-5-7-11(18)8-6-10)14(19-20-15)16(21)12-4-3-9-24-12/h3-9,13-14,19H,2H2,1H3. The van der Waals surface area contributed by atoms with Crippen molar-refractivity contribution >= 4 is 33.4 Å². The fourth-order valence-corrected chi connectivity index (χ4v) is 2.89. The van der Waals surface area contributed by atoms with Gasteiger partial charge in [0.05, 0.1) is 18.8 Å². The molecule has 3 rings (SSSR count). The second-order valence-electron chi connectivity index (χ2n) is 5.20. The Morgan fingerprint density at radius 3 is 2.67 bits per heavy atom. The van der Waals surface area contributed by atoms with Gasteiger partial charge in [0.25, 0.3) is 0 Å². The second kappa shape index (κ2) is 7.00. The van der Waals surface area contributed by atoms with Crippen LogP contribution in [0.2, 0.25) is 0 Å². The Labute approximate surface area is 147 Å². The predicted molar refractivity (Wildman–Crippen MR) is 90.9 cm³/mol. The predicted octanol–water partition coefficient (Wildman–Crippen LogP) is 2.90. The van der Waals surface area contributed by atoms with Crippen molar-refractivity contribution in [2.24, 2.45) is 5.10 Å². The van der Waals surface area contributed by atoms with Crippen molar-refractivity contribution in [3.05, 3.63) is 58.5 Å². The molecule has 2 atom stereocenters. The van der Waals surface area contributed by atoms with Crippen LogP contribution in [0.3, 0.4) is 0 Å². The van der Waals surface area contributed by atoms with Crippen LogP contribution in [0.25, 0.3) is 0 Å². The Kier molecular flexibility index (Phi) is 4.80. The van der Waals surface area contributed by atoms with Crippen LogP contribution in [0.5, 0.6) is 0 Å². The highest BCUT2D eigenvalue weighted by Crippen LogP contribution is 2.29. The number of halogens is 1. The lowest BCUT2D eigenvalue weighted by Gasteiger charge is -2.19. The van der Waals surface area contributed by atoms with Crippen LogP contribution in [0, 0.1) is 0 Å². The molecule has 1 aromatic heterocycles. The van der Waals surface area contributed by atoms with E-state index in [0.29, 0.717) is 0 Å². The topological polar surface area (TPSA) is 80.9 Å². The van der Waals surface area contributed by atoms with Gasteiger partial charge < -0.3 is 9.15 Å². The first-order valence-electron chi connectivity index (χ1n) is 7.45. The van der Waals surface area contributed by atoms with Crippen molar-refractivity contribution < 1.29 is 18.7 Å². The van der Waals surface area contributed by atoms with Crippen LogP contribution in [0.15, 0.2) is 56.7 Å². The van der Waals surface area contributed by atoms with E-state index >= 15 is 0 Å². The van der Waals surface area contributed by atoms with Gasteiger partial charge in [0, 0.05) is 4.47 Å². The molecule has 0 saturated carbocycles. The van der Waals surface area contributed by atoms with Gasteiger partial charge in [-0.15, -0.1) is 0 Å². The van der Waals surface area contributed by atoms with Gasteiger partial charge in [0.1, 0.15) is 6.04 Å². The Morgan fingerprint density at radius 2 is 2.04 bits per heavy atom. The monoisotopic (exact) mass is 390 g/mol. The summed E-state index contributed by atoms with van der Waals surface area (Å²) in [6.45, 7) is 1.96. The van der Waals surface area contributed by atoms with Gasteiger partial charge in [0.15, 0.2) is 11.5 Å². The molecule has 0 amide bonds. The summed E-state index contributed by atoms with van der Waals surface area (Å²) in [7, 11) is 0. The van der Waals surface area contributed by atoms with Crippen molar-refractivity contribution in [3.8, 4) is 0 Å². The van der Waals surface area contributed by atoms with Crippen LogP contribution in [0.1, 0.15) is 29.0 Å². The fourth-order valence-electron chi connectivity index (χ4n) is 2.62. The lowest BCUT2D eigenvalue weighted by molar-refractivity contribution is -0.135. The minimum Gasteiger partial charge on any atom is -0.461 e. The average Bonchev–Trinajstić information content (AvgIpc) is 3.25. The number of esters is 1. The maximum Gasteiger partial charge on any atom is 0.355 e. The zero-order valence-electron chi connectivity index (χ0n) is 12.9. The molecular weight excluding hydrogens is 376 g/mol.